The van der Waals surface area contributed by atoms with Gasteiger partial charge in [-0.25, -0.2) is 8.42 Å². The van der Waals surface area contributed by atoms with Crippen molar-refractivity contribution >= 4 is 15.8 Å². The monoisotopic (exact) mass is 295 g/mol. The summed E-state index contributed by atoms with van der Waals surface area (Å²) < 4.78 is 26.8. The quantitative estimate of drug-likeness (QED) is 0.805. The van der Waals surface area contributed by atoms with E-state index in [9.17, 15) is 13.2 Å². The van der Waals surface area contributed by atoms with Crippen molar-refractivity contribution in [2.45, 2.75) is 32.1 Å². The van der Waals surface area contributed by atoms with Gasteiger partial charge in [-0.3, -0.25) is 4.79 Å². The number of rotatable bonds is 3. The van der Waals surface area contributed by atoms with Crippen LogP contribution in [0, 0.1) is 11.8 Å². The van der Waals surface area contributed by atoms with E-state index >= 15 is 0 Å². The van der Waals surface area contributed by atoms with Gasteiger partial charge in [0.05, 0.1) is 4.90 Å². The molecule has 20 heavy (non-hydrogen) atoms. The zero-order chi connectivity index (χ0) is 14.9. The minimum Gasteiger partial charge on any atom is -0.295 e. The van der Waals surface area contributed by atoms with E-state index in [-0.39, 0.29) is 10.7 Å². The minimum atomic E-state index is -3.45. The molecule has 0 unspecified atom stereocenters. The molecule has 1 fully saturated rings. The van der Waals surface area contributed by atoms with Crippen LogP contribution in [-0.2, 0) is 10.0 Å². The second-order valence-electron chi connectivity index (χ2n) is 5.85. The Bertz CT molecular complexity index is 582. The van der Waals surface area contributed by atoms with Gasteiger partial charge in [0, 0.05) is 18.7 Å². The predicted molar refractivity (Wildman–Crippen MR) is 78.2 cm³/mol. The highest BCUT2D eigenvalue weighted by atomic mass is 32.2. The molecule has 2 atom stereocenters. The van der Waals surface area contributed by atoms with Crippen molar-refractivity contribution < 1.29 is 13.2 Å². The lowest BCUT2D eigenvalue weighted by atomic mass is 9.94. The van der Waals surface area contributed by atoms with Gasteiger partial charge in [0.1, 0.15) is 0 Å². The Balaban J connectivity index is 2.27. The van der Waals surface area contributed by atoms with Crippen molar-refractivity contribution in [3.05, 3.63) is 29.8 Å². The fourth-order valence-corrected chi connectivity index (χ4v) is 4.49. The number of nitrogens with zero attached hydrogens (tertiary/aromatic N) is 1. The van der Waals surface area contributed by atoms with Crippen LogP contribution in [-0.4, -0.2) is 31.6 Å². The Morgan fingerprint density at radius 3 is 2.05 bits per heavy atom. The number of ketones is 1. The van der Waals surface area contributed by atoms with Crippen LogP contribution in [0.3, 0.4) is 0 Å². The highest BCUT2D eigenvalue weighted by molar-refractivity contribution is 7.89. The zero-order valence-corrected chi connectivity index (χ0v) is 13.0. The largest absolute Gasteiger partial charge is 0.295 e. The van der Waals surface area contributed by atoms with Gasteiger partial charge in [0.25, 0.3) is 0 Å². The van der Waals surface area contributed by atoms with E-state index in [0.29, 0.717) is 30.5 Å². The smallest absolute Gasteiger partial charge is 0.243 e. The van der Waals surface area contributed by atoms with Crippen molar-refractivity contribution in [1.82, 2.24) is 4.31 Å². The lowest BCUT2D eigenvalue weighted by Crippen LogP contribution is -2.42. The van der Waals surface area contributed by atoms with E-state index in [0.717, 1.165) is 6.42 Å². The maximum absolute atomic E-state index is 12.6. The molecule has 5 heteroatoms. The van der Waals surface area contributed by atoms with Gasteiger partial charge in [-0.15, -0.1) is 0 Å². The summed E-state index contributed by atoms with van der Waals surface area (Å²) in [7, 11) is -3.45. The predicted octanol–water partition coefficient (Wildman–Crippen LogP) is 2.56. The molecule has 0 aliphatic carbocycles. The second kappa shape index (κ2) is 5.66. The van der Waals surface area contributed by atoms with Gasteiger partial charge < -0.3 is 0 Å². The van der Waals surface area contributed by atoms with Crippen LogP contribution in [0.25, 0.3) is 0 Å². The Hall–Kier alpha value is -1.20. The number of sulfonamides is 1. The summed E-state index contributed by atoms with van der Waals surface area (Å²) >= 11 is 0. The SMILES string of the molecule is CC(=O)c1ccc(S(=O)(=O)N2C[C@H](C)C[C@H](C)C2)cc1. The number of Topliss-reactive ketones (excluding diaryl/α,β-unsaturated/α-hetero) is 1. The maximum Gasteiger partial charge on any atom is 0.243 e. The van der Waals surface area contributed by atoms with Crippen molar-refractivity contribution in [2.24, 2.45) is 11.8 Å². The first-order chi connectivity index (χ1) is 9.30. The highest BCUT2D eigenvalue weighted by Crippen LogP contribution is 2.26. The number of hydrogen-bond donors (Lipinski definition) is 0. The number of carbonyl (C=O) groups excluding carboxylic acids is 1. The summed E-state index contributed by atoms with van der Waals surface area (Å²) in [5, 5.41) is 0. The van der Waals surface area contributed by atoms with Crippen LogP contribution in [0.5, 0.6) is 0 Å². The number of hydrogen-bond acceptors (Lipinski definition) is 3. The molecule has 1 aliphatic rings. The molecule has 0 saturated carbocycles. The van der Waals surface area contributed by atoms with Crippen LogP contribution in [0.4, 0.5) is 0 Å². The first-order valence-corrected chi connectivity index (χ1v) is 8.36. The molecule has 0 aromatic heterocycles. The Morgan fingerprint density at radius 1 is 1.10 bits per heavy atom. The molecular weight excluding hydrogens is 274 g/mol. The third-order valence-corrected chi connectivity index (χ3v) is 5.58. The molecule has 1 saturated heterocycles. The maximum atomic E-state index is 12.6. The zero-order valence-electron chi connectivity index (χ0n) is 12.2. The van der Waals surface area contributed by atoms with Gasteiger partial charge in [-0.1, -0.05) is 26.0 Å². The topological polar surface area (TPSA) is 54.5 Å². The van der Waals surface area contributed by atoms with Crippen LogP contribution >= 0.6 is 0 Å². The van der Waals surface area contributed by atoms with Crippen molar-refractivity contribution in [3.63, 3.8) is 0 Å². The summed E-state index contributed by atoms with van der Waals surface area (Å²) in [5.41, 5.74) is 0.532. The molecule has 1 aliphatic heterocycles. The average molecular weight is 295 g/mol. The third-order valence-electron chi connectivity index (χ3n) is 3.73. The lowest BCUT2D eigenvalue weighted by Gasteiger charge is -2.34. The summed E-state index contributed by atoms with van der Waals surface area (Å²) in [6.07, 6.45) is 1.06. The highest BCUT2D eigenvalue weighted by Gasteiger charge is 2.31. The Morgan fingerprint density at radius 2 is 1.60 bits per heavy atom. The molecule has 0 bridgehead atoms. The third kappa shape index (κ3) is 3.10. The van der Waals surface area contributed by atoms with Gasteiger partial charge >= 0.3 is 0 Å². The average Bonchev–Trinajstić information content (AvgIpc) is 2.37. The van der Waals surface area contributed by atoms with Crippen molar-refractivity contribution in [2.75, 3.05) is 13.1 Å². The van der Waals surface area contributed by atoms with Gasteiger partial charge in [-0.2, -0.15) is 4.31 Å². The van der Waals surface area contributed by atoms with Gasteiger partial charge in [0.15, 0.2) is 5.78 Å². The van der Waals surface area contributed by atoms with Gasteiger partial charge in [-0.05, 0) is 37.3 Å². The standard InChI is InChI=1S/C15H21NO3S/c1-11-8-12(2)10-16(9-11)20(18,19)15-6-4-14(5-7-15)13(3)17/h4-7,11-12H,8-10H2,1-3H3/t11-,12+. The van der Waals surface area contributed by atoms with E-state index in [1.54, 1.807) is 16.4 Å². The first-order valence-electron chi connectivity index (χ1n) is 6.92. The first kappa shape index (κ1) is 15.2. The van der Waals surface area contributed by atoms with Crippen LogP contribution in [0.15, 0.2) is 29.2 Å². The summed E-state index contributed by atoms with van der Waals surface area (Å²) in [6.45, 7) is 6.77. The normalized spacial score (nSPS) is 24.6. The number of piperidine rings is 1. The van der Waals surface area contributed by atoms with E-state index in [1.807, 2.05) is 0 Å². The summed E-state index contributed by atoms with van der Waals surface area (Å²) in [5.74, 6) is 0.698. The molecule has 0 amide bonds. The van der Waals surface area contributed by atoms with E-state index in [4.69, 9.17) is 0 Å². The molecule has 0 spiro atoms. The van der Waals surface area contributed by atoms with Gasteiger partial charge in [0.2, 0.25) is 10.0 Å². The molecule has 110 valence electrons. The molecule has 1 heterocycles. The van der Waals surface area contributed by atoms with E-state index in [1.165, 1.54) is 19.1 Å². The Labute approximate surface area is 120 Å². The van der Waals surface area contributed by atoms with Crippen LogP contribution in [0.1, 0.15) is 37.6 Å². The molecule has 1 aromatic rings. The second-order valence-corrected chi connectivity index (χ2v) is 7.79. The fourth-order valence-electron chi connectivity index (χ4n) is 2.81. The van der Waals surface area contributed by atoms with E-state index < -0.39 is 10.0 Å². The van der Waals surface area contributed by atoms with Crippen molar-refractivity contribution in [3.8, 4) is 0 Å². The number of carbonyl (C=O) groups is 1. The summed E-state index contributed by atoms with van der Waals surface area (Å²) in [6, 6.07) is 6.20. The summed E-state index contributed by atoms with van der Waals surface area (Å²) in [4.78, 5) is 11.5. The fraction of sp³-hybridized carbons (Fsp3) is 0.533. The van der Waals surface area contributed by atoms with Crippen LogP contribution in [0.2, 0.25) is 0 Å². The molecule has 0 N–H and O–H groups in total. The minimum absolute atomic E-state index is 0.0610. The molecule has 2 rings (SSSR count). The molecule has 4 nitrogen and oxygen atoms in total. The van der Waals surface area contributed by atoms with Crippen molar-refractivity contribution in [1.29, 1.82) is 0 Å². The molecule has 0 radical (unpaired) electrons. The lowest BCUT2D eigenvalue weighted by molar-refractivity contribution is 0.101. The van der Waals surface area contributed by atoms with Crippen LogP contribution < -0.4 is 0 Å². The number of benzene rings is 1. The Kier molecular flexibility index (Phi) is 4.30. The van der Waals surface area contributed by atoms with E-state index in [2.05, 4.69) is 13.8 Å². The molecule has 1 aromatic carbocycles. The molecular formula is C15H21NO3S.